The Balaban J connectivity index is 1.70. The second-order valence-electron chi connectivity index (χ2n) is 9.11. The monoisotopic (exact) mass is 526 g/mol. The van der Waals surface area contributed by atoms with Gasteiger partial charge in [0.1, 0.15) is 0 Å². The molecule has 0 aliphatic heterocycles. The van der Waals surface area contributed by atoms with E-state index in [1.54, 1.807) is 35.0 Å². The molecule has 0 fully saturated rings. The predicted octanol–water partition coefficient (Wildman–Crippen LogP) is 6.41. The molecule has 4 rings (SSSR count). The van der Waals surface area contributed by atoms with Gasteiger partial charge in [-0.15, -0.1) is 11.3 Å². The minimum atomic E-state index is -0.962. The first-order valence-corrected chi connectivity index (χ1v) is 13.3. The first kappa shape index (κ1) is 26.8. The number of carbonyl (C=O) groups is 3. The molecule has 0 bridgehead atoms. The van der Waals surface area contributed by atoms with Crippen molar-refractivity contribution >= 4 is 34.1 Å². The van der Waals surface area contributed by atoms with E-state index in [9.17, 15) is 19.5 Å². The molecule has 1 heterocycles. The maximum absolute atomic E-state index is 14.0. The van der Waals surface area contributed by atoms with Crippen molar-refractivity contribution in [3.05, 3.63) is 113 Å². The standard InChI is InChI=1S/C31H30N2O4S/c1-22(23-11-4-3-5-12-23)21-33(19-18-29(34)35)31(37)27-16-9-7-14-25(27)24-13-6-8-15-26(24)30(36)32(2)28-17-10-20-38-28/h3-17,20,22H,18-19,21H2,1-2H3,(H,34,35). The largest absolute Gasteiger partial charge is 0.481 e. The first-order chi connectivity index (χ1) is 18.4. The number of thiophene rings is 1. The van der Waals surface area contributed by atoms with Crippen LogP contribution >= 0.6 is 11.3 Å². The zero-order valence-corrected chi connectivity index (χ0v) is 22.2. The van der Waals surface area contributed by atoms with Gasteiger partial charge in [-0.05, 0) is 52.3 Å². The molecule has 0 radical (unpaired) electrons. The van der Waals surface area contributed by atoms with Crippen LogP contribution in [-0.2, 0) is 4.79 Å². The van der Waals surface area contributed by atoms with Crippen molar-refractivity contribution in [3.8, 4) is 11.1 Å². The molecule has 0 saturated carbocycles. The van der Waals surface area contributed by atoms with Gasteiger partial charge in [0.15, 0.2) is 0 Å². The van der Waals surface area contributed by atoms with Gasteiger partial charge in [0.05, 0.1) is 11.4 Å². The van der Waals surface area contributed by atoms with Crippen LogP contribution in [0.4, 0.5) is 5.00 Å². The molecule has 1 N–H and O–H groups in total. The fourth-order valence-electron chi connectivity index (χ4n) is 4.44. The van der Waals surface area contributed by atoms with Crippen LogP contribution in [0.5, 0.6) is 0 Å². The zero-order valence-electron chi connectivity index (χ0n) is 21.4. The van der Waals surface area contributed by atoms with Gasteiger partial charge in [0, 0.05) is 31.3 Å². The minimum Gasteiger partial charge on any atom is -0.481 e. The Labute approximate surface area is 226 Å². The van der Waals surface area contributed by atoms with E-state index in [1.165, 1.54) is 11.3 Å². The third-order valence-corrected chi connectivity index (χ3v) is 7.44. The average Bonchev–Trinajstić information content (AvgIpc) is 3.49. The summed E-state index contributed by atoms with van der Waals surface area (Å²) in [6, 6.07) is 28.1. The Bertz CT molecular complexity index is 1400. The molecular formula is C31H30N2O4S. The zero-order chi connectivity index (χ0) is 27.1. The summed E-state index contributed by atoms with van der Waals surface area (Å²) in [4.78, 5) is 42.1. The second kappa shape index (κ2) is 12.3. The Morgan fingerprint density at radius 2 is 1.37 bits per heavy atom. The third-order valence-electron chi connectivity index (χ3n) is 6.49. The summed E-state index contributed by atoms with van der Waals surface area (Å²) >= 11 is 1.48. The van der Waals surface area contributed by atoms with E-state index in [-0.39, 0.29) is 30.7 Å². The lowest BCUT2D eigenvalue weighted by molar-refractivity contribution is -0.137. The summed E-state index contributed by atoms with van der Waals surface area (Å²) in [6.07, 6.45) is -0.157. The van der Waals surface area contributed by atoms with Crippen LogP contribution in [0.2, 0.25) is 0 Å². The van der Waals surface area contributed by atoms with Crippen molar-refractivity contribution in [3.63, 3.8) is 0 Å². The lowest BCUT2D eigenvalue weighted by atomic mass is 9.93. The summed E-state index contributed by atoms with van der Waals surface area (Å²) in [5.41, 5.74) is 3.27. The number of amides is 2. The van der Waals surface area contributed by atoms with E-state index in [0.717, 1.165) is 10.6 Å². The van der Waals surface area contributed by atoms with Gasteiger partial charge in [-0.1, -0.05) is 73.7 Å². The van der Waals surface area contributed by atoms with Gasteiger partial charge >= 0.3 is 5.97 Å². The molecule has 2 amide bonds. The molecule has 7 heteroatoms. The number of nitrogens with zero attached hydrogens (tertiary/aromatic N) is 2. The quantitative estimate of drug-likeness (QED) is 0.259. The molecule has 0 aliphatic rings. The Morgan fingerprint density at radius 3 is 1.95 bits per heavy atom. The number of rotatable bonds is 10. The fraction of sp³-hybridized carbons (Fsp3) is 0.194. The molecule has 0 saturated heterocycles. The first-order valence-electron chi connectivity index (χ1n) is 12.4. The number of anilines is 1. The molecule has 38 heavy (non-hydrogen) atoms. The highest BCUT2D eigenvalue weighted by Crippen LogP contribution is 2.31. The maximum Gasteiger partial charge on any atom is 0.305 e. The number of carboxylic acid groups (broad SMARTS) is 1. The topological polar surface area (TPSA) is 77.9 Å². The van der Waals surface area contributed by atoms with Gasteiger partial charge in [-0.2, -0.15) is 0 Å². The molecule has 6 nitrogen and oxygen atoms in total. The van der Waals surface area contributed by atoms with E-state index in [0.29, 0.717) is 28.8 Å². The van der Waals surface area contributed by atoms with Gasteiger partial charge in [0.2, 0.25) is 0 Å². The van der Waals surface area contributed by atoms with Crippen LogP contribution in [0.15, 0.2) is 96.4 Å². The molecule has 0 spiro atoms. The number of hydrogen-bond donors (Lipinski definition) is 1. The van der Waals surface area contributed by atoms with Gasteiger partial charge in [-0.3, -0.25) is 14.4 Å². The number of hydrogen-bond acceptors (Lipinski definition) is 4. The van der Waals surface area contributed by atoms with E-state index in [2.05, 4.69) is 0 Å². The van der Waals surface area contributed by atoms with Crippen molar-refractivity contribution in [2.45, 2.75) is 19.3 Å². The average molecular weight is 527 g/mol. The molecule has 1 unspecified atom stereocenters. The van der Waals surface area contributed by atoms with Crippen LogP contribution in [0, 0.1) is 0 Å². The summed E-state index contributed by atoms with van der Waals surface area (Å²) in [5.74, 6) is -1.39. The molecule has 194 valence electrons. The number of benzene rings is 3. The highest BCUT2D eigenvalue weighted by Gasteiger charge is 2.25. The highest BCUT2D eigenvalue weighted by atomic mass is 32.1. The Hall–Kier alpha value is -4.23. The molecule has 3 aromatic carbocycles. The third kappa shape index (κ3) is 6.18. The predicted molar refractivity (Wildman–Crippen MR) is 152 cm³/mol. The minimum absolute atomic E-state index is 0.00872. The SMILES string of the molecule is CC(CN(CCC(=O)O)C(=O)c1ccccc1-c1ccccc1C(=O)N(C)c1cccs1)c1ccccc1. The van der Waals surface area contributed by atoms with Gasteiger partial charge in [0.25, 0.3) is 11.8 Å². The Kier molecular flexibility index (Phi) is 8.71. The molecule has 0 aliphatic carbocycles. The van der Waals surface area contributed by atoms with Crippen molar-refractivity contribution < 1.29 is 19.5 Å². The van der Waals surface area contributed by atoms with Gasteiger partial charge < -0.3 is 14.9 Å². The molecular weight excluding hydrogens is 496 g/mol. The van der Waals surface area contributed by atoms with Crippen LogP contribution in [0.3, 0.4) is 0 Å². The van der Waals surface area contributed by atoms with E-state index in [4.69, 9.17) is 0 Å². The van der Waals surface area contributed by atoms with Crippen LogP contribution in [-0.4, -0.2) is 47.9 Å². The van der Waals surface area contributed by atoms with Crippen molar-refractivity contribution in [1.29, 1.82) is 0 Å². The van der Waals surface area contributed by atoms with Crippen molar-refractivity contribution in [1.82, 2.24) is 4.90 Å². The molecule has 1 atom stereocenters. The van der Waals surface area contributed by atoms with Crippen molar-refractivity contribution in [2.24, 2.45) is 0 Å². The number of carboxylic acids is 1. The van der Waals surface area contributed by atoms with E-state index in [1.807, 2.05) is 85.1 Å². The highest BCUT2D eigenvalue weighted by molar-refractivity contribution is 7.14. The summed E-state index contributed by atoms with van der Waals surface area (Å²) < 4.78 is 0. The van der Waals surface area contributed by atoms with Crippen LogP contribution in [0.1, 0.15) is 45.5 Å². The van der Waals surface area contributed by atoms with Crippen LogP contribution < -0.4 is 4.90 Å². The van der Waals surface area contributed by atoms with E-state index >= 15 is 0 Å². The second-order valence-corrected chi connectivity index (χ2v) is 10.0. The maximum atomic E-state index is 14.0. The molecule has 1 aromatic heterocycles. The smallest absolute Gasteiger partial charge is 0.305 e. The van der Waals surface area contributed by atoms with Crippen LogP contribution in [0.25, 0.3) is 11.1 Å². The van der Waals surface area contributed by atoms with E-state index < -0.39 is 5.97 Å². The van der Waals surface area contributed by atoms with Crippen molar-refractivity contribution in [2.75, 3.05) is 25.0 Å². The Morgan fingerprint density at radius 1 is 0.789 bits per heavy atom. The summed E-state index contributed by atoms with van der Waals surface area (Å²) in [5, 5.41) is 12.1. The summed E-state index contributed by atoms with van der Waals surface area (Å²) in [7, 11) is 1.74. The summed E-state index contributed by atoms with van der Waals surface area (Å²) in [6.45, 7) is 2.48. The lowest BCUT2D eigenvalue weighted by Crippen LogP contribution is -2.36. The lowest BCUT2D eigenvalue weighted by Gasteiger charge is -2.27. The normalized spacial score (nSPS) is 11.5. The van der Waals surface area contributed by atoms with Gasteiger partial charge in [-0.25, -0.2) is 0 Å². The number of carbonyl (C=O) groups excluding carboxylic acids is 2. The fourth-order valence-corrected chi connectivity index (χ4v) is 5.14. The molecule has 4 aromatic rings. The number of aliphatic carboxylic acids is 1.